The van der Waals surface area contributed by atoms with Crippen molar-refractivity contribution in [2.45, 2.75) is 82.4 Å². The van der Waals surface area contributed by atoms with E-state index in [-0.39, 0.29) is 37.3 Å². The van der Waals surface area contributed by atoms with E-state index in [2.05, 4.69) is 5.32 Å². The average Bonchev–Trinajstić information content (AvgIpc) is 3.39. The fourth-order valence-corrected chi connectivity index (χ4v) is 6.40. The highest BCUT2D eigenvalue weighted by Gasteiger charge is 2.50. The molecule has 0 aliphatic carbocycles. The van der Waals surface area contributed by atoms with Gasteiger partial charge >= 0.3 is 18.1 Å². The van der Waals surface area contributed by atoms with E-state index in [4.69, 9.17) is 36.7 Å². The van der Waals surface area contributed by atoms with Gasteiger partial charge in [0.05, 0.1) is 37.6 Å². The number of carboxylic acids is 1. The van der Waals surface area contributed by atoms with E-state index in [1.165, 1.54) is 12.0 Å². The molecule has 280 valence electrons. The van der Waals surface area contributed by atoms with Crippen LogP contribution in [0.25, 0.3) is 0 Å². The van der Waals surface area contributed by atoms with E-state index >= 15 is 0 Å². The highest BCUT2D eigenvalue weighted by atomic mass is 35.5. The number of likely N-dealkylation sites (tertiary alicyclic amines) is 1. The standard InChI is InChI=1S/C33H43ClN4O6.C2HF3O2/c1-22(35)30(41)38-27(20-44-32(38,2)3)29(40)36-33(19-24-11-13-26(34)14-12-24)15-8-16-37(21-33)31(42)25(18-28(39)43-4)17-23-9-6-5-7-10-23;3-2(4,5)1(6)7/h5-7,9-14,22,25,27H,8,15-21,35H2,1-4H3,(H,36,40);(H,6,7)/t22-,25+,27-,33+;/m0./s1. The van der Waals surface area contributed by atoms with Gasteiger partial charge in [0.1, 0.15) is 11.8 Å². The van der Waals surface area contributed by atoms with Crippen molar-refractivity contribution in [1.82, 2.24) is 15.1 Å². The Labute approximate surface area is 299 Å². The molecule has 12 nitrogen and oxygen atoms in total. The first-order valence-corrected chi connectivity index (χ1v) is 16.6. The Morgan fingerprint density at radius 2 is 1.67 bits per heavy atom. The minimum absolute atomic E-state index is 0.0231. The van der Waals surface area contributed by atoms with Crippen molar-refractivity contribution < 1.29 is 51.7 Å². The van der Waals surface area contributed by atoms with Gasteiger partial charge in [0.15, 0.2) is 0 Å². The lowest BCUT2D eigenvalue weighted by atomic mass is 9.81. The highest BCUT2D eigenvalue weighted by molar-refractivity contribution is 6.30. The van der Waals surface area contributed by atoms with Gasteiger partial charge in [0, 0.05) is 18.1 Å². The molecule has 2 saturated heterocycles. The molecule has 0 radical (unpaired) electrons. The van der Waals surface area contributed by atoms with Gasteiger partial charge in [-0.15, -0.1) is 0 Å². The Morgan fingerprint density at radius 3 is 2.22 bits per heavy atom. The number of amides is 3. The second-order valence-electron chi connectivity index (χ2n) is 13.2. The number of benzene rings is 2. The van der Waals surface area contributed by atoms with Gasteiger partial charge in [0.25, 0.3) is 0 Å². The maximum atomic E-state index is 14.1. The zero-order valence-electron chi connectivity index (χ0n) is 28.9. The number of hydrogen-bond acceptors (Lipinski definition) is 8. The first kappa shape index (κ1) is 41.2. The minimum Gasteiger partial charge on any atom is -0.475 e. The van der Waals surface area contributed by atoms with Crippen LogP contribution in [0.15, 0.2) is 54.6 Å². The Hall–Kier alpha value is -4.21. The van der Waals surface area contributed by atoms with Crippen molar-refractivity contribution >= 4 is 41.3 Å². The van der Waals surface area contributed by atoms with E-state index in [0.717, 1.165) is 11.1 Å². The predicted molar refractivity (Wildman–Crippen MR) is 180 cm³/mol. The van der Waals surface area contributed by atoms with Crippen LogP contribution in [0.4, 0.5) is 13.2 Å². The number of nitrogens with one attached hydrogen (secondary N) is 1. The van der Waals surface area contributed by atoms with Gasteiger partial charge in [0.2, 0.25) is 17.7 Å². The molecule has 0 unspecified atom stereocenters. The number of esters is 1. The molecule has 0 spiro atoms. The van der Waals surface area contributed by atoms with Crippen LogP contribution in [0, 0.1) is 5.92 Å². The lowest BCUT2D eigenvalue weighted by Crippen LogP contribution is -2.65. The lowest BCUT2D eigenvalue weighted by molar-refractivity contribution is -0.192. The normalized spacial score (nSPS) is 21.1. The molecular weight excluding hydrogens is 697 g/mol. The summed E-state index contributed by atoms with van der Waals surface area (Å²) in [4.78, 5) is 65.6. The van der Waals surface area contributed by atoms with E-state index in [0.29, 0.717) is 37.3 Å². The first-order chi connectivity index (χ1) is 23.8. The quantitative estimate of drug-likeness (QED) is 0.308. The number of carbonyl (C=O) groups excluding carboxylic acids is 4. The number of methoxy groups -OCH3 is 1. The largest absolute Gasteiger partial charge is 0.490 e. The topological polar surface area (TPSA) is 169 Å². The fraction of sp³-hybridized carbons (Fsp3) is 0.514. The SMILES string of the molecule is COC(=O)C[C@@H](Cc1ccccc1)C(=O)N1CCC[C@](Cc2ccc(Cl)cc2)(NC(=O)[C@@H]2COC(C)(C)N2C(=O)[C@H](C)N)C1.O=C(O)C(F)(F)F. The number of nitrogens with zero attached hydrogens (tertiary/aromatic N) is 2. The zero-order chi connectivity index (χ0) is 38.1. The van der Waals surface area contributed by atoms with E-state index in [1.54, 1.807) is 37.8 Å². The first-order valence-electron chi connectivity index (χ1n) is 16.3. The molecule has 2 heterocycles. The Bertz CT molecular complexity index is 1540. The maximum absolute atomic E-state index is 14.1. The number of carbonyl (C=O) groups is 5. The molecule has 4 rings (SSSR count). The second kappa shape index (κ2) is 17.3. The average molecular weight is 741 g/mol. The maximum Gasteiger partial charge on any atom is 0.490 e. The molecule has 4 N–H and O–H groups in total. The highest BCUT2D eigenvalue weighted by Crippen LogP contribution is 2.32. The van der Waals surface area contributed by atoms with Crippen LogP contribution in [0.5, 0.6) is 0 Å². The van der Waals surface area contributed by atoms with Gasteiger partial charge in [-0.2, -0.15) is 13.2 Å². The van der Waals surface area contributed by atoms with Crippen molar-refractivity contribution in [3.63, 3.8) is 0 Å². The zero-order valence-corrected chi connectivity index (χ0v) is 29.6. The summed E-state index contributed by atoms with van der Waals surface area (Å²) in [5, 5.41) is 11.0. The number of carboxylic acid groups (broad SMARTS) is 1. The molecule has 3 amide bonds. The van der Waals surface area contributed by atoms with Crippen molar-refractivity contribution in [3.05, 3.63) is 70.7 Å². The van der Waals surface area contributed by atoms with Crippen LogP contribution in [0.1, 0.15) is 51.2 Å². The molecule has 2 aromatic rings. The second-order valence-corrected chi connectivity index (χ2v) is 13.6. The van der Waals surface area contributed by atoms with Crippen molar-refractivity contribution in [2.75, 3.05) is 26.8 Å². The Morgan fingerprint density at radius 1 is 1.06 bits per heavy atom. The molecule has 51 heavy (non-hydrogen) atoms. The molecule has 0 saturated carbocycles. The molecular formula is C35H44ClF3N4O8. The van der Waals surface area contributed by atoms with Crippen molar-refractivity contribution in [1.29, 1.82) is 0 Å². The third kappa shape index (κ3) is 11.4. The predicted octanol–water partition coefficient (Wildman–Crippen LogP) is 3.73. The van der Waals surface area contributed by atoms with Gasteiger partial charge in [-0.1, -0.05) is 54.1 Å². The molecule has 4 atom stereocenters. The van der Waals surface area contributed by atoms with E-state index < -0.39 is 47.4 Å². The van der Waals surface area contributed by atoms with Crippen LogP contribution in [-0.2, 0) is 46.3 Å². The van der Waals surface area contributed by atoms with Crippen LogP contribution < -0.4 is 11.1 Å². The summed E-state index contributed by atoms with van der Waals surface area (Å²) in [7, 11) is 1.31. The molecule has 2 aliphatic rings. The van der Waals surface area contributed by atoms with E-state index in [1.807, 2.05) is 42.5 Å². The summed E-state index contributed by atoms with van der Waals surface area (Å²) in [6.07, 6.45) is -3.10. The molecule has 2 aliphatic heterocycles. The third-order valence-corrected chi connectivity index (χ3v) is 8.96. The summed E-state index contributed by atoms with van der Waals surface area (Å²) in [6, 6.07) is 15.3. The number of halogens is 4. The number of aliphatic carboxylic acids is 1. The van der Waals surface area contributed by atoms with E-state index in [9.17, 15) is 32.3 Å². The van der Waals surface area contributed by atoms with Gasteiger partial charge in [-0.3, -0.25) is 24.1 Å². The number of ether oxygens (including phenoxy) is 2. The summed E-state index contributed by atoms with van der Waals surface area (Å²) in [5.74, 6) is -4.77. The molecule has 0 aromatic heterocycles. The minimum atomic E-state index is -5.08. The molecule has 2 aromatic carbocycles. The Kier molecular flexibility index (Phi) is 14.0. The number of piperidine rings is 1. The summed E-state index contributed by atoms with van der Waals surface area (Å²) in [5.41, 5.74) is 5.95. The van der Waals surface area contributed by atoms with Gasteiger partial charge < -0.3 is 30.5 Å². The number of hydrogen-bond donors (Lipinski definition) is 3. The van der Waals surface area contributed by atoms with Gasteiger partial charge in [-0.25, -0.2) is 4.79 Å². The van der Waals surface area contributed by atoms with Crippen LogP contribution >= 0.6 is 11.6 Å². The Balaban J connectivity index is 0.000000908. The molecule has 0 bridgehead atoms. The van der Waals surface area contributed by atoms with Gasteiger partial charge in [-0.05, 0) is 69.7 Å². The summed E-state index contributed by atoms with van der Waals surface area (Å²) in [6.45, 7) is 5.79. The molecule has 16 heteroatoms. The summed E-state index contributed by atoms with van der Waals surface area (Å²) < 4.78 is 42.5. The lowest BCUT2D eigenvalue weighted by Gasteiger charge is -2.45. The van der Waals surface area contributed by atoms with Crippen molar-refractivity contribution in [2.24, 2.45) is 11.7 Å². The number of nitrogens with two attached hydrogens (primary N) is 1. The van der Waals surface area contributed by atoms with Crippen molar-refractivity contribution in [3.8, 4) is 0 Å². The monoisotopic (exact) mass is 740 g/mol. The summed E-state index contributed by atoms with van der Waals surface area (Å²) >= 11 is 6.16. The number of rotatable bonds is 10. The van der Waals surface area contributed by atoms with Crippen LogP contribution in [0.3, 0.4) is 0 Å². The smallest absolute Gasteiger partial charge is 0.475 e. The molecule has 2 fully saturated rings. The van der Waals surface area contributed by atoms with Crippen LogP contribution in [-0.4, -0.2) is 101 Å². The number of alkyl halides is 3. The third-order valence-electron chi connectivity index (χ3n) is 8.71. The van der Waals surface area contributed by atoms with Crippen LogP contribution in [0.2, 0.25) is 5.02 Å². The fourth-order valence-electron chi connectivity index (χ4n) is 6.27.